The molecule has 0 bridgehead atoms. The van der Waals surface area contributed by atoms with Crippen molar-refractivity contribution in [2.45, 2.75) is 31.6 Å². The molecule has 2 rings (SSSR count). The normalized spacial score (nSPS) is 29.8. The number of hydrogen-bond acceptors (Lipinski definition) is 3. The average Bonchev–Trinajstić information content (AvgIpc) is 2.97. The van der Waals surface area contributed by atoms with Gasteiger partial charge in [0.05, 0.1) is 18.3 Å². The lowest BCUT2D eigenvalue weighted by molar-refractivity contribution is -0.116. The molecule has 19 heavy (non-hydrogen) atoms. The van der Waals surface area contributed by atoms with Crippen LogP contribution >= 0.6 is 0 Å². The Balaban J connectivity index is 2.33. The predicted octanol–water partition coefficient (Wildman–Crippen LogP) is 1.69. The number of nitrogens with zero attached hydrogens (tertiary/aromatic N) is 2. The zero-order valence-electron chi connectivity index (χ0n) is 12.2. The zero-order valence-corrected chi connectivity index (χ0v) is 12.2. The molecule has 4 heteroatoms. The molecule has 0 heterocycles. The van der Waals surface area contributed by atoms with Crippen LogP contribution in [0, 0.1) is 13.8 Å². The van der Waals surface area contributed by atoms with E-state index in [9.17, 15) is 5.11 Å². The summed E-state index contributed by atoms with van der Waals surface area (Å²) in [4.78, 5) is 5.91. The van der Waals surface area contributed by atoms with Crippen LogP contribution in [0.2, 0.25) is 0 Å². The van der Waals surface area contributed by atoms with E-state index >= 15 is 0 Å². The van der Waals surface area contributed by atoms with Crippen LogP contribution in [0.4, 0.5) is 0 Å². The minimum atomic E-state index is -1.13. The van der Waals surface area contributed by atoms with Crippen molar-refractivity contribution in [3.63, 3.8) is 0 Å². The van der Waals surface area contributed by atoms with Gasteiger partial charge in [0.25, 0.3) is 0 Å². The number of aryl methyl sites for hydroxylation is 2. The minimum absolute atomic E-state index is 0.0406. The molecule has 1 aliphatic rings. The fourth-order valence-corrected chi connectivity index (χ4v) is 2.93. The maximum absolute atomic E-state index is 10.6. The first-order valence-electron chi connectivity index (χ1n) is 6.44. The number of likely N-dealkylation sites (N-methyl/N-ethyl adjacent to an activating group) is 1. The minimum Gasteiger partial charge on any atom is -0.363 e. The number of ether oxygens (including phenoxy) is 1. The molecule has 3 unspecified atom stereocenters. The highest BCUT2D eigenvalue weighted by Gasteiger charge is 2.68. The molecule has 1 N–H and O–H groups in total. The Morgan fingerprint density at radius 2 is 2.11 bits per heavy atom. The van der Waals surface area contributed by atoms with Crippen LogP contribution in [0.3, 0.4) is 0 Å². The van der Waals surface area contributed by atoms with Gasteiger partial charge in [0.1, 0.15) is 0 Å². The SMILES string of the molecule is C/N=C\N(C)C1C(c2ccc(C)cc2C)C1(O)OC. The molecule has 0 aliphatic heterocycles. The monoisotopic (exact) mass is 262 g/mol. The number of rotatable bonds is 4. The van der Waals surface area contributed by atoms with Gasteiger partial charge in [0.15, 0.2) is 5.79 Å². The summed E-state index contributed by atoms with van der Waals surface area (Å²) in [5.41, 5.74) is 3.55. The van der Waals surface area contributed by atoms with Gasteiger partial charge in [-0.15, -0.1) is 0 Å². The highest BCUT2D eigenvalue weighted by atomic mass is 16.6. The van der Waals surface area contributed by atoms with Gasteiger partial charge < -0.3 is 14.7 Å². The third-order valence-corrected chi connectivity index (χ3v) is 3.90. The third-order valence-electron chi connectivity index (χ3n) is 3.90. The lowest BCUT2D eigenvalue weighted by atomic mass is 10.0. The lowest BCUT2D eigenvalue weighted by Gasteiger charge is -2.14. The summed E-state index contributed by atoms with van der Waals surface area (Å²) < 4.78 is 5.33. The van der Waals surface area contributed by atoms with E-state index < -0.39 is 5.79 Å². The molecule has 1 fully saturated rings. The molecule has 1 aromatic carbocycles. The largest absolute Gasteiger partial charge is 0.363 e. The number of methoxy groups -OCH3 is 1. The number of aliphatic imine (C=N–C) groups is 1. The van der Waals surface area contributed by atoms with E-state index in [2.05, 4.69) is 37.0 Å². The summed E-state index contributed by atoms with van der Waals surface area (Å²) in [5, 5.41) is 10.6. The molecule has 0 radical (unpaired) electrons. The molecule has 0 amide bonds. The molecule has 1 saturated carbocycles. The highest BCUT2D eigenvalue weighted by Crippen LogP contribution is 2.55. The van der Waals surface area contributed by atoms with Gasteiger partial charge >= 0.3 is 0 Å². The fraction of sp³-hybridized carbons (Fsp3) is 0.533. The Morgan fingerprint density at radius 3 is 2.63 bits per heavy atom. The lowest BCUT2D eigenvalue weighted by Crippen LogP contribution is -2.29. The van der Waals surface area contributed by atoms with Crippen LogP contribution in [0.5, 0.6) is 0 Å². The van der Waals surface area contributed by atoms with Gasteiger partial charge in [-0.3, -0.25) is 4.99 Å². The van der Waals surface area contributed by atoms with Gasteiger partial charge in [-0.05, 0) is 25.0 Å². The second-order valence-corrected chi connectivity index (χ2v) is 5.28. The van der Waals surface area contributed by atoms with E-state index in [1.807, 2.05) is 11.9 Å². The first kappa shape index (κ1) is 14.0. The van der Waals surface area contributed by atoms with E-state index in [0.29, 0.717) is 0 Å². The van der Waals surface area contributed by atoms with Crippen molar-refractivity contribution >= 4 is 6.34 Å². The molecule has 1 aliphatic carbocycles. The Labute approximate surface area is 114 Å². The summed E-state index contributed by atoms with van der Waals surface area (Å²) in [6.07, 6.45) is 1.72. The first-order chi connectivity index (χ1) is 8.95. The van der Waals surface area contributed by atoms with Crippen molar-refractivity contribution in [2.24, 2.45) is 4.99 Å². The Morgan fingerprint density at radius 1 is 1.42 bits per heavy atom. The topological polar surface area (TPSA) is 45.1 Å². The van der Waals surface area contributed by atoms with Crippen LogP contribution in [-0.4, -0.2) is 49.4 Å². The van der Waals surface area contributed by atoms with Crippen LogP contribution in [0.25, 0.3) is 0 Å². The predicted molar refractivity (Wildman–Crippen MR) is 76.6 cm³/mol. The van der Waals surface area contributed by atoms with Crippen molar-refractivity contribution < 1.29 is 9.84 Å². The van der Waals surface area contributed by atoms with Crippen molar-refractivity contribution in [1.29, 1.82) is 0 Å². The zero-order chi connectivity index (χ0) is 14.2. The molecule has 4 nitrogen and oxygen atoms in total. The number of benzene rings is 1. The Bertz CT molecular complexity index is 501. The van der Waals surface area contributed by atoms with Gasteiger partial charge in [-0.1, -0.05) is 23.8 Å². The van der Waals surface area contributed by atoms with E-state index in [1.165, 1.54) is 11.1 Å². The molecule has 0 aromatic heterocycles. The van der Waals surface area contributed by atoms with Gasteiger partial charge in [0, 0.05) is 21.2 Å². The molecule has 0 saturated heterocycles. The van der Waals surface area contributed by atoms with Gasteiger partial charge in [-0.2, -0.15) is 0 Å². The second kappa shape index (κ2) is 4.94. The second-order valence-electron chi connectivity index (χ2n) is 5.28. The standard InChI is InChI=1S/C15H22N2O2/c1-10-6-7-12(11(2)8-10)13-14(15(13,18)19-5)17(4)9-16-3/h6-9,13-14,18H,1-5H3/b16-9-. The average molecular weight is 262 g/mol. The summed E-state index contributed by atoms with van der Waals surface area (Å²) in [5.74, 6) is -1.17. The highest BCUT2D eigenvalue weighted by molar-refractivity contribution is 5.58. The van der Waals surface area contributed by atoms with E-state index in [1.54, 1.807) is 20.5 Å². The van der Waals surface area contributed by atoms with Crippen LogP contribution in [0.15, 0.2) is 23.2 Å². The Kier molecular flexibility index (Phi) is 3.65. The Hall–Kier alpha value is -1.39. The number of hydrogen-bond donors (Lipinski definition) is 1. The molecule has 104 valence electrons. The van der Waals surface area contributed by atoms with E-state index in [4.69, 9.17) is 4.74 Å². The maximum atomic E-state index is 10.6. The number of aliphatic hydroxyl groups is 1. The maximum Gasteiger partial charge on any atom is 0.195 e. The van der Waals surface area contributed by atoms with E-state index in [0.717, 1.165) is 5.56 Å². The van der Waals surface area contributed by atoms with Gasteiger partial charge in [-0.25, -0.2) is 0 Å². The smallest absolute Gasteiger partial charge is 0.195 e. The molecule has 0 spiro atoms. The van der Waals surface area contributed by atoms with Crippen molar-refractivity contribution in [2.75, 3.05) is 21.2 Å². The summed E-state index contributed by atoms with van der Waals surface area (Å²) >= 11 is 0. The van der Waals surface area contributed by atoms with Gasteiger partial charge in [0.2, 0.25) is 0 Å². The van der Waals surface area contributed by atoms with E-state index in [-0.39, 0.29) is 12.0 Å². The molecular weight excluding hydrogens is 240 g/mol. The van der Waals surface area contributed by atoms with Crippen molar-refractivity contribution in [3.05, 3.63) is 34.9 Å². The van der Waals surface area contributed by atoms with Crippen molar-refractivity contribution in [1.82, 2.24) is 4.90 Å². The van der Waals surface area contributed by atoms with Crippen LogP contribution in [-0.2, 0) is 4.74 Å². The summed E-state index contributed by atoms with van der Waals surface area (Å²) in [6, 6.07) is 6.19. The molecular formula is C15H22N2O2. The fourth-order valence-electron chi connectivity index (χ4n) is 2.93. The molecule has 1 aromatic rings. The first-order valence-corrected chi connectivity index (χ1v) is 6.44. The van der Waals surface area contributed by atoms with Crippen LogP contribution < -0.4 is 0 Å². The summed E-state index contributed by atoms with van der Waals surface area (Å²) in [6.45, 7) is 4.14. The molecule has 3 atom stereocenters. The summed E-state index contributed by atoms with van der Waals surface area (Å²) in [7, 11) is 5.18. The third kappa shape index (κ3) is 2.26. The van der Waals surface area contributed by atoms with Crippen molar-refractivity contribution in [3.8, 4) is 0 Å². The quantitative estimate of drug-likeness (QED) is 0.510. The van der Waals surface area contributed by atoms with Crippen LogP contribution in [0.1, 0.15) is 22.6 Å².